The van der Waals surface area contributed by atoms with E-state index >= 15 is 0 Å². The first-order chi connectivity index (χ1) is 8.56. The van der Waals surface area contributed by atoms with E-state index in [1.165, 1.54) is 24.0 Å². The van der Waals surface area contributed by atoms with E-state index in [0.29, 0.717) is 5.16 Å². The van der Waals surface area contributed by atoms with E-state index in [4.69, 9.17) is 5.11 Å². The minimum Gasteiger partial charge on any atom is -0.477 e. The first kappa shape index (κ1) is 12.6. The lowest BCUT2D eigenvalue weighted by atomic mass is 10.2. The Labute approximate surface area is 109 Å². The molecule has 0 bridgehead atoms. The predicted octanol–water partition coefficient (Wildman–Crippen LogP) is 2.94. The number of rotatable bonds is 3. The van der Waals surface area contributed by atoms with Gasteiger partial charge < -0.3 is 5.11 Å². The monoisotopic (exact) mass is 260 g/mol. The van der Waals surface area contributed by atoms with Crippen LogP contribution < -0.4 is 0 Å². The van der Waals surface area contributed by atoms with Crippen molar-refractivity contribution < 1.29 is 9.90 Å². The van der Waals surface area contributed by atoms with Gasteiger partial charge in [0.25, 0.3) is 0 Å². The molecule has 0 amide bonds. The molecule has 1 aromatic carbocycles. The molecule has 1 heterocycles. The SMILES string of the molecule is Cc1ccc(C)c(Sc2nccc(C(=O)O)n2)c1. The molecule has 0 aliphatic carbocycles. The summed E-state index contributed by atoms with van der Waals surface area (Å²) >= 11 is 1.37. The van der Waals surface area contributed by atoms with Crippen LogP contribution in [0.4, 0.5) is 0 Å². The van der Waals surface area contributed by atoms with Crippen molar-refractivity contribution in [1.29, 1.82) is 0 Å². The fourth-order valence-electron chi connectivity index (χ4n) is 1.42. The minimum atomic E-state index is -1.04. The van der Waals surface area contributed by atoms with E-state index in [0.717, 1.165) is 16.0 Å². The molecule has 4 nitrogen and oxygen atoms in total. The molecule has 0 saturated heterocycles. The largest absolute Gasteiger partial charge is 0.477 e. The second-order valence-corrected chi connectivity index (χ2v) is 4.91. The van der Waals surface area contributed by atoms with Crippen molar-refractivity contribution in [3.05, 3.63) is 47.3 Å². The van der Waals surface area contributed by atoms with Gasteiger partial charge in [0.1, 0.15) is 0 Å². The summed E-state index contributed by atoms with van der Waals surface area (Å²) < 4.78 is 0. The third-order valence-electron chi connectivity index (χ3n) is 2.40. The van der Waals surface area contributed by atoms with Gasteiger partial charge in [0, 0.05) is 11.1 Å². The zero-order valence-corrected chi connectivity index (χ0v) is 10.9. The number of carboxylic acids is 1. The van der Waals surface area contributed by atoms with Crippen LogP contribution in [0.15, 0.2) is 40.5 Å². The molecule has 1 N–H and O–H groups in total. The average molecular weight is 260 g/mol. The molecule has 0 saturated carbocycles. The Balaban J connectivity index is 2.31. The highest BCUT2D eigenvalue weighted by molar-refractivity contribution is 7.99. The zero-order chi connectivity index (χ0) is 13.1. The normalized spacial score (nSPS) is 10.3. The van der Waals surface area contributed by atoms with E-state index in [1.807, 2.05) is 32.0 Å². The van der Waals surface area contributed by atoms with Crippen LogP contribution in [-0.2, 0) is 0 Å². The summed E-state index contributed by atoms with van der Waals surface area (Å²) in [4.78, 5) is 19.9. The molecule has 2 rings (SSSR count). The van der Waals surface area contributed by atoms with Crippen LogP contribution in [0.25, 0.3) is 0 Å². The van der Waals surface area contributed by atoms with E-state index in [-0.39, 0.29) is 5.69 Å². The quantitative estimate of drug-likeness (QED) is 0.860. The maximum Gasteiger partial charge on any atom is 0.354 e. The number of aromatic nitrogens is 2. The topological polar surface area (TPSA) is 63.1 Å². The maximum absolute atomic E-state index is 10.8. The molecule has 0 atom stereocenters. The molecule has 0 radical (unpaired) electrons. The van der Waals surface area contributed by atoms with Crippen LogP contribution in [0, 0.1) is 13.8 Å². The molecular weight excluding hydrogens is 248 g/mol. The first-order valence-corrected chi connectivity index (χ1v) is 6.19. The molecule has 0 aliphatic heterocycles. The van der Waals surface area contributed by atoms with Gasteiger partial charge in [-0.25, -0.2) is 14.8 Å². The number of carboxylic acid groups (broad SMARTS) is 1. The van der Waals surface area contributed by atoms with Crippen LogP contribution in [0.5, 0.6) is 0 Å². The molecule has 0 aliphatic rings. The summed E-state index contributed by atoms with van der Waals surface area (Å²) in [7, 11) is 0. The van der Waals surface area contributed by atoms with Crippen LogP contribution in [0.3, 0.4) is 0 Å². The van der Waals surface area contributed by atoms with Crippen molar-refractivity contribution in [2.75, 3.05) is 0 Å². The first-order valence-electron chi connectivity index (χ1n) is 5.38. The van der Waals surface area contributed by atoms with Crippen molar-refractivity contribution in [2.45, 2.75) is 23.9 Å². The van der Waals surface area contributed by atoms with Crippen molar-refractivity contribution >= 4 is 17.7 Å². The van der Waals surface area contributed by atoms with Crippen LogP contribution in [-0.4, -0.2) is 21.0 Å². The van der Waals surface area contributed by atoms with Gasteiger partial charge in [-0.2, -0.15) is 0 Å². The molecule has 2 aromatic rings. The number of hydrogen-bond acceptors (Lipinski definition) is 4. The molecule has 18 heavy (non-hydrogen) atoms. The van der Waals surface area contributed by atoms with Crippen molar-refractivity contribution in [3.8, 4) is 0 Å². The third kappa shape index (κ3) is 2.87. The molecule has 0 unspecified atom stereocenters. The fourth-order valence-corrected chi connectivity index (χ4v) is 2.35. The smallest absolute Gasteiger partial charge is 0.354 e. The lowest BCUT2D eigenvalue weighted by molar-refractivity contribution is 0.0689. The van der Waals surface area contributed by atoms with Gasteiger partial charge in [-0.1, -0.05) is 12.1 Å². The summed E-state index contributed by atoms with van der Waals surface area (Å²) in [5, 5.41) is 9.32. The highest BCUT2D eigenvalue weighted by Gasteiger charge is 2.08. The van der Waals surface area contributed by atoms with Gasteiger partial charge in [0.2, 0.25) is 0 Å². The summed E-state index contributed by atoms with van der Waals surface area (Å²) in [6.45, 7) is 4.01. The Hall–Kier alpha value is -1.88. The summed E-state index contributed by atoms with van der Waals surface area (Å²) in [5.74, 6) is -1.04. The molecule has 0 fully saturated rings. The highest BCUT2D eigenvalue weighted by Crippen LogP contribution is 2.28. The minimum absolute atomic E-state index is 0.0119. The number of benzene rings is 1. The van der Waals surface area contributed by atoms with Gasteiger partial charge in [-0.15, -0.1) is 0 Å². The second-order valence-electron chi connectivity index (χ2n) is 3.90. The van der Waals surface area contributed by atoms with Crippen molar-refractivity contribution in [2.24, 2.45) is 0 Å². The lowest BCUT2D eigenvalue weighted by Crippen LogP contribution is -2.01. The van der Waals surface area contributed by atoms with Gasteiger partial charge in [-0.3, -0.25) is 0 Å². The fraction of sp³-hybridized carbons (Fsp3) is 0.154. The van der Waals surface area contributed by atoms with Crippen LogP contribution in [0.1, 0.15) is 21.6 Å². The number of aromatic carboxylic acids is 1. The van der Waals surface area contributed by atoms with E-state index in [9.17, 15) is 4.79 Å². The number of carbonyl (C=O) groups is 1. The van der Waals surface area contributed by atoms with Gasteiger partial charge in [-0.05, 0) is 48.9 Å². The highest BCUT2D eigenvalue weighted by atomic mass is 32.2. The van der Waals surface area contributed by atoms with Gasteiger partial charge in [0.05, 0.1) is 0 Å². The third-order valence-corrected chi connectivity index (χ3v) is 3.44. The summed E-state index contributed by atoms with van der Waals surface area (Å²) in [6, 6.07) is 7.49. The molecule has 5 heteroatoms. The van der Waals surface area contributed by atoms with Gasteiger partial charge >= 0.3 is 5.97 Å². The Morgan fingerprint density at radius 1 is 1.28 bits per heavy atom. The maximum atomic E-state index is 10.8. The Morgan fingerprint density at radius 2 is 2.06 bits per heavy atom. The molecule has 92 valence electrons. The standard InChI is InChI=1S/C13H12N2O2S/c1-8-3-4-9(2)11(7-8)18-13-14-6-5-10(15-13)12(16)17/h3-7H,1-2H3,(H,16,17). The van der Waals surface area contributed by atoms with Crippen LogP contribution in [0.2, 0.25) is 0 Å². The summed E-state index contributed by atoms with van der Waals surface area (Å²) in [6.07, 6.45) is 1.46. The van der Waals surface area contributed by atoms with Gasteiger partial charge in [0.15, 0.2) is 10.9 Å². The molecule has 1 aromatic heterocycles. The Bertz CT molecular complexity index is 599. The predicted molar refractivity (Wildman–Crippen MR) is 69.0 cm³/mol. The molecular formula is C13H12N2O2S. The van der Waals surface area contributed by atoms with E-state index in [2.05, 4.69) is 9.97 Å². The Kier molecular flexibility index (Phi) is 3.62. The van der Waals surface area contributed by atoms with Crippen molar-refractivity contribution in [1.82, 2.24) is 9.97 Å². The Morgan fingerprint density at radius 3 is 2.78 bits per heavy atom. The van der Waals surface area contributed by atoms with Crippen molar-refractivity contribution in [3.63, 3.8) is 0 Å². The molecule has 0 spiro atoms. The number of nitrogens with zero attached hydrogens (tertiary/aromatic N) is 2. The van der Waals surface area contributed by atoms with Crippen LogP contribution >= 0.6 is 11.8 Å². The lowest BCUT2D eigenvalue weighted by Gasteiger charge is -2.05. The van der Waals surface area contributed by atoms with E-state index < -0.39 is 5.97 Å². The number of aryl methyl sites for hydroxylation is 2. The zero-order valence-electron chi connectivity index (χ0n) is 10.0. The number of hydrogen-bond donors (Lipinski definition) is 1. The second kappa shape index (κ2) is 5.18. The summed E-state index contributed by atoms with van der Waals surface area (Å²) in [5.41, 5.74) is 2.28. The van der Waals surface area contributed by atoms with E-state index in [1.54, 1.807) is 0 Å². The average Bonchev–Trinajstić information content (AvgIpc) is 2.34.